The second kappa shape index (κ2) is 10.1. The summed E-state index contributed by atoms with van der Waals surface area (Å²) in [4.78, 5) is 16.8. The number of ether oxygens (including phenoxy) is 1. The van der Waals surface area contributed by atoms with Crippen LogP contribution >= 0.6 is 11.6 Å². The Morgan fingerprint density at radius 1 is 1.18 bits per heavy atom. The molecule has 178 valence electrons. The van der Waals surface area contributed by atoms with E-state index in [0.717, 1.165) is 12.0 Å². The molecule has 33 heavy (non-hydrogen) atoms. The first kappa shape index (κ1) is 24.1. The molecule has 0 N–H and O–H groups in total. The van der Waals surface area contributed by atoms with E-state index in [2.05, 4.69) is 4.36 Å². The smallest absolute Gasteiger partial charge is 0.275 e. The zero-order chi connectivity index (χ0) is 23.6. The van der Waals surface area contributed by atoms with Gasteiger partial charge < -0.3 is 14.5 Å². The average Bonchev–Trinajstić information content (AvgIpc) is 3.31. The fourth-order valence-electron chi connectivity index (χ4n) is 4.13. The fraction of sp³-hybridized carbons (Fsp3) is 0.435. The van der Waals surface area contributed by atoms with Crippen molar-refractivity contribution in [1.29, 1.82) is 0 Å². The number of carbonyl (C=O) groups excluding carboxylic acids is 1. The number of rotatable bonds is 5. The minimum atomic E-state index is -4.08. The molecule has 0 aliphatic carbocycles. The zero-order valence-electron chi connectivity index (χ0n) is 18.7. The maximum absolute atomic E-state index is 14.9. The molecule has 2 aromatic carbocycles. The molecule has 0 unspecified atom stereocenters. The Hall–Kier alpha value is -2.04. The van der Waals surface area contributed by atoms with E-state index in [0.29, 0.717) is 38.3 Å². The number of halogens is 2. The third kappa shape index (κ3) is 5.55. The molecule has 0 radical (unpaired) electrons. The molecule has 10 heteroatoms. The quantitative estimate of drug-likeness (QED) is 0.587. The summed E-state index contributed by atoms with van der Waals surface area (Å²) >= 11 is 6.38. The second-order valence-corrected chi connectivity index (χ2v) is 10.5. The lowest BCUT2D eigenvalue weighted by atomic mass is 10.1. The molecule has 0 saturated carbocycles. The monoisotopic (exact) mass is 494 g/mol. The van der Waals surface area contributed by atoms with Crippen LogP contribution in [0.1, 0.15) is 28.4 Å². The van der Waals surface area contributed by atoms with E-state index in [1.54, 1.807) is 4.90 Å². The Bertz CT molecular complexity index is 1120. The van der Waals surface area contributed by atoms with Gasteiger partial charge in [-0.15, -0.1) is 3.89 Å². The summed E-state index contributed by atoms with van der Waals surface area (Å²) in [6, 6.07) is 14.3. The number of likely N-dealkylation sites (N-methyl/N-ethyl adjacent to an activating group) is 1. The highest BCUT2D eigenvalue weighted by atomic mass is 35.5. The van der Waals surface area contributed by atoms with Gasteiger partial charge in [0.25, 0.3) is 16.2 Å². The lowest BCUT2D eigenvalue weighted by Crippen LogP contribution is -2.42. The highest BCUT2D eigenvalue weighted by Crippen LogP contribution is 2.29. The van der Waals surface area contributed by atoms with Gasteiger partial charge in [0.15, 0.2) is 0 Å². The van der Waals surface area contributed by atoms with Crippen LogP contribution in [0.25, 0.3) is 0 Å². The van der Waals surface area contributed by atoms with Gasteiger partial charge in [-0.25, -0.2) is 0 Å². The van der Waals surface area contributed by atoms with Crippen molar-refractivity contribution in [2.75, 3.05) is 46.9 Å². The molecule has 1 amide bonds. The summed E-state index contributed by atoms with van der Waals surface area (Å²) in [5, 5.41) is 0.145. The van der Waals surface area contributed by atoms with Crippen LogP contribution in [-0.2, 0) is 15.0 Å². The van der Waals surface area contributed by atoms with Gasteiger partial charge in [0.1, 0.15) is 6.10 Å². The molecular formula is C23H28ClFN4O3S. The SMILES string of the molecule is CN(C)[C@@H]1CCN([S@@](=O)(F)=Nc2ccc(C(=O)N3CCO[C@@H](c4ccccc4)C3)c(Cl)c2)C1. The van der Waals surface area contributed by atoms with E-state index in [9.17, 15) is 12.9 Å². The molecule has 2 heterocycles. The minimum Gasteiger partial charge on any atom is -0.370 e. The van der Waals surface area contributed by atoms with Crippen LogP contribution in [0.2, 0.25) is 5.02 Å². The molecular weight excluding hydrogens is 467 g/mol. The average molecular weight is 495 g/mol. The van der Waals surface area contributed by atoms with Crippen LogP contribution in [0.5, 0.6) is 0 Å². The van der Waals surface area contributed by atoms with Crippen molar-refractivity contribution in [3.8, 4) is 0 Å². The number of morpholine rings is 1. The Morgan fingerprint density at radius 2 is 1.94 bits per heavy atom. The predicted molar refractivity (Wildman–Crippen MR) is 127 cm³/mol. The van der Waals surface area contributed by atoms with Crippen molar-refractivity contribution < 1.29 is 17.6 Å². The van der Waals surface area contributed by atoms with Crippen molar-refractivity contribution in [3.05, 3.63) is 64.7 Å². The van der Waals surface area contributed by atoms with Crippen molar-refractivity contribution in [2.45, 2.75) is 18.6 Å². The Labute approximate surface area is 199 Å². The molecule has 7 nitrogen and oxygen atoms in total. The van der Waals surface area contributed by atoms with Gasteiger partial charge in [-0.2, -0.15) is 12.9 Å². The van der Waals surface area contributed by atoms with Crippen LogP contribution in [0.15, 0.2) is 52.9 Å². The van der Waals surface area contributed by atoms with E-state index in [4.69, 9.17) is 16.3 Å². The first-order valence-corrected chi connectivity index (χ1v) is 12.6. The molecule has 2 fully saturated rings. The van der Waals surface area contributed by atoms with Crippen LogP contribution in [0.4, 0.5) is 9.57 Å². The topological polar surface area (TPSA) is 65.5 Å². The molecule has 2 aliphatic heterocycles. The van der Waals surface area contributed by atoms with E-state index >= 15 is 0 Å². The number of benzene rings is 2. The molecule has 2 saturated heterocycles. The van der Waals surface area contributed by atoms with Crippen LogP contribution in [0, 0.1) is 0 Å². The number of hydrogen-bond acceptors (Lipinski definition) is 5. The maximum atomic E-state index is 14.9. The first-order valence-electron chi connectivity index (χ1n) is 10.9. The normalized spacial score (nSPS) is 23.5. The highest BCUT2D eigenvalue weighted by Gasteiger charge is 2.31. The lowest BCUT2D eigenvalue weighted by Gasteiger charge is -2.33. The Balaban J connectivity index is 1.49. The molecule has 0 aromatic heterocycles. The van der Waals surface area contributed by atoms with Gasteiger partial charge in [0, 0.05) is 25.7 Å². The summed E-state index contributed by atoms with van der Waals surface area (Å²) in [7, 11) is -0.248. The lowest BCUT2D eigenvalue weighted by molar-refractivity contribution is -0.0228. The van der Waals surface area contributed by atoms with E-state index in [1.165, 1.54) is 22.5 Å². The van der Waals surface area contributed by atoms with Crippen molar-refractivity contribution in [1.82, 2.24) is 14.1 Å². The summed E-state index contributed by atoms with van der Waals surface area (Å²) < 4.78 is 38.5. The molecule has 0 spiro atoms. The van der Waals surface area contributed by atoms with E-state index in [1.807, 2.05) is 49.3 Å². The van der Waals surface area contributed by atoms with Crippen LogP contribution in [0.3, 0.4) is 0 Å². The van der Waals surface area contributed by atoms with Gasteiger partial charge in [0.05, 0.1) is 29.4 Å². The Kier molecular flexibility index (Phi) is 7.35. The van der Waals surface area contributed by atoms with E-state index < -0.39 is 10.3 Å². The third-order valence-electron chi connectivity index (χ3n) is 6.10. The number of nitrogens with zero attached hydrogens (tertiary/aromatic N) is 4. The summed E-state index contributed by atoms with van der Waals surface area (Å²) in [6.07, 6.45) is 0.515. The number of carbonyl (C=O) groups is 1. The largest absolute Gasteiger partial charge is 0.370 e. The maximum Gasteiger partial charge on any atom is 0.275 e. The Morgan fingerprint density at radius 3 is 2.61 bits per heavy atom. The van der Waals surface area contributed by atoms with Crippen LogP contribution < -0.4 is 0 Å². The van der Waals surface area contributed by atoms with Crippen molar-refractivity contribution in [3.63, 3.8) is 0 Å². The van der Waals surface area contributed by atoms with Crippen LogP contribution in [-0.4, -0.2) is 77.1 Å². The third-order valence-corrected chi connectivity index (χ3v) is 7.82. The van der Waals surface area contributed by atoms with Gasteiger partial charge >= 0.3 is 0 Å². The fourth-order valence-corrected chi connectivity index (χ4v) is 5.56. The van der Waals surface area contributed by atoms with E-state index in [-0.39, 0.29) is 28.8 Å². The predicted octanol–water partition coefficient (Wildman–Crippen LogP) is 4.09. The molecule has 0 bridgehead atoms. The molecule has 3 atom stereocenters. The van der Waals surface area contributed by atoms with Crippen molar-refractivity contribution >= 4 is 33.5 Å². The minimum absolute atomic E-state index is 0.133. The van der Waals surface area contributed by atoms with Crippen molar-refractivity contribution in [2.24, 2.45) is 4.36 Å². The summed E-state index contributed by atoms with van der Waals surface area (Å²) in [5.41, 5.74) is 1.44. The zero-order valence-corrected chi connectivity index (χ0v) is 20.3. The van der Waals surface area contributed by atoms with Gasteiger partial charge in [-0.3, -0.25) is 4.79 Å². The summed E-state index contributed by atoms with van der Waals surface area (Å²) in [6.45, 7) is 1.99. The molecule has 2 aliphatic rings. The molecule has 2 aromatic rings. The van der Waals surface area contributed by atoms with Gasteiger partial charge in [-0.1, -0.05) is 41.9 Å². The highest BCUT2D eigenvalue weighted by molar-refractivity contribution is 7.86. The number of amides is 1. The molecule has 4 rings (SSSR count). The first-order chi connectivity index (χ1) is 15.7. The second-order valence-electron chi connectivity index (χ2n) is 8.50. The number of hydrogen-bond donors (Lipinski definition) is 0. The summed E-state index contributed by atoms with van der Waals surface area (Å²) in [5.74, 6) is -0.231. The standard InChI is InChI=1S/C23H28ClFN4O3S/c1-27(2)19-10-11-29(15-19)33(25,31)26-18-8-9-20(21(24)14-18)23(30)28-12-13-32-22(16-28)17-6-4-3-5-7-17/h3-9,14,19,22H,10-13,15-16H2,1-2H3/t19-,22-,33-/m1/s1. The van der Waals surface area contributed by atoms with Gasteiger partial charge in [-0.05, 0) is 44.3 Å². The van der Waals surface area contributed by atoms with Gasteiger partial charge in [0.2, 0.25) is 0 Å².